The van der Waals surface area contributed by atoms with E-state index in [1.54, 1.807) is 24.3 Å². The number of Topliss-reactive ketones (excluding diaryl/α,β-unsaturated/α-hetero) is 1. The Labute approximate surface area is 150 Å². The Kier molecular flexibility index (Phi) is 5.14. The molecule has 1 unspecified atom stereocenters. The second-order valence-electron chi connectivity index (χ2n) is 5.85. The zero-order valence-corrected chi connectivity index (χ0v) is 14.2. The number of benzene rings is 2. The third-order valence-electron chi connectivity index (χ3n) is 4.11. The number of rotatable bonds is 5. The number of nitrogens with one attached hydrogen (secondary N) is 2. The fourth-order valence-corrected chi connectivity index (χ4v) is 3.00. The van der Waals surface area contributed by atoms with Crippen molar-refractivity contribution in [2.45, 2.75) is 25.4 Å². The van der Waals surface area contributed by atoms with E-state index in [1.807, 2.05) is 24.3 Å². The van der Waals surface area contributed by atoms with Crippen molar-refractivity contribution >= 4 is 29.2 Å². The van der Waals surface area contributed by atoms with Gasteiger partial charge in [-0.3, -0.25) is 14.4 Å². The van der Waals surface area contributed by atoms with E-state index in [0.29, 0.717) is 17.1 Å². The molecule has 1 atom stereocenters. The monoisotopic (exact) mass is 356 g/mol. The van der Waals surface area contributed by atoms with Gasteiger partial charge in [-0.2, -0.15) is 0 Å². The van der Waals surface area contributed by atoms with Crippen LogP contribution in [0, 0.1) is 0 Å². The summed E-state index contributed by atoms with van der Waals surface area (Å²) in [6, 6.07) is 13.4. The van der Waals surface area contributed by atoms with E-state index in [1.165, 1.54) is 0 Å². The van der Waals surface area contributed by atoms with Crippen molar-refractivity contribution in [1.29, 1.82) is 0 Å². The van der Waals surface area contributed by atoms with Crippen molar-refractivity contribution < 1.29 is 14.4 Å². The Morgan fingerprint density at radius 2 is 1.92 bits per heavy atom. The smallest absolute Gasteiger partial charge is 0.247 e. The van der Waals surface area contributed by atoms with Crippen LogP contribution >= 0.6 is 11.6 Å². The fourth-order valence-electron chi connectivity index (χ4n) is 2.81. The Hall–Kier alpha value is -2.66. The second kappa shape index (κ2) is 7.49. The fraction of sp³-hybridized carbons (Fsp3) is 0.211. The van der Waals surface area contributed by atoms with Gasteiger partial charge in [-0.15, -0.1) is 0 Å². The standard InChI is InChI=1S/C19H17ClN2O3/c20-14-6-3-5-12(10-14)16(23)8-9-17(24)22-18-15-7-2-1-4-13(15)11-21-19(18)25/h1-7,10,18H,8-9,11H2,(H,21,25)(H,22,24). The molecule has 3 rings (SSSR count). The van der Waals surface area contributed by atoms with Crippen molar-refractivity contribution in [3.8, 4) is 0 Å². The molecule has 0 aliphatic carbocycles. The predicted molar refractivity (Wildman–Crippen MR) is 94.2 cm³/mol. The maximum Gasteiger partial charge on any atom is 0.247 e. The second-order valence-corrected chi connectivity index (χ2v) is 6.29. The lowest BCUT2D eigenvalue weighted by Crippen LogP contribution is -2.43. The number of halogens is 1. The third-order valence-corrected chi connectivity index (χ3v) is 4.35. The number of carbonyl (C=O) groups is 3. The first-order valence-corrected chi connectivity index (χ1v) is 8.36. The van der Waals surface area contributed by atoms with Crippen LogP contribution in [0.2, 0.25) is 5.02 Å². The topological polar surface area (TPSA) is 75.3 Å². The molecule has 5 nitrogen and oxygen atoms in total. The van der Waals surface area contributed by atoms with Gasteiger partial charge in [0.2, 0.25) is 11.8 Å². The summed E-state index contributed by atoms with van der Waals surface area (Å²) in [6.45, 7) is 0.453. The number of hydrogen-bond acceptors (Lipinski definition) is 3. The molecule has 1 aliphatic rings. The molecular formula is C19H17ClN2O3. The van der Waals surface area contributed by atoms with E-state index in [4.69, 9.17) is 11.6 Å². The van der Waals surface area contributed by atoms with Crippen LogP contribution in [0.1, 0.15) is 40.4 Å². The molecule has 2 amide bonds. The highest BCUT2D eigenvalue weighted by Gasteiger charge is 2.28. The number of carbonyl (C=O) groups excluding carboxylic acids is 3. The van der Waals surface area contributed by atoms with Gasteiger partial charge in [-0.1, -0.05) is 48.0 Å². The van der Waals surface area contributed by atoms with Crippen LogP contribution in [0.5, 0.6) is 0 Å². The van der Waals surface area contributed by atoms with Gasteiger partial charge in [0.05, 0.1) is 0 Å². The van der Waals surface area contributed by atoms with E-state index in [0.717, 1.165) is 11.1 Å². The minimum absolute atomic E-state index is 0.0112. The molecule has 0 bridgehead atoms. The van der Waals surface area contributed by atoms with E-state index in [9.17, 15) is 14.4 Å². The van der Waals surface area contributed by atoms with Crippen LogP contribution in [0.3, 0.4) is 0 Å². The van der Waals surface area contributed by atoms with E-state index in [2.05, 4.69) is 10.6 Å². The van der Waals surface area contributed by atoms with Gasteiger partial charge in [-0.25, -0.2) is 0 Å². The normalized spacial score (nSPS) is 15.9. The Morgan fingerprint density at radius 3 is 2.72 bits per heavy atom. The largest absolute Gasteiger partial charge is 0.350 e. The third kappa shape index (κ3) is 4.06. The molecule has 2 aromatic rings. The Morgan fingerprint density at radius 1 is 1.12 bits per heavy atom. The van der Waals surface area contributed by atoms with Crippen LogP contribution in [0.25, 0.3) is 0 Å². The summed E-state index contributed by atoms with van der Waals surface area (Å²) < 4.78 is 0. The minimum Gasteiger partial charge on any atom is -0.350 e. The summed E-state index contributed by atoms with van der Waals surface area (Å²) in [5, 5.41) is 5.95. The molecule has 25 heavy (non-hydrogen) atoms. The van der Waals surface area contributed by atoms with E-state index >= 15 is 0 Å². The number of fused-ring (bicyclic) bond motifs is 1. The summed E-state index contributed by atoms with van der Waals surface area (Å²) in [4.78, 5) is 36.4. The van der Waals surface area contributed by atoms with Gasteiger partial charge < -0.3 is 10.6 Å². The molecule has 0 saturated heterocycles. The molecule has 0 aromatic heterocycles. The summed E-state index contributed by atoms with van der Waals surface area (Å²) in [7, 11) is 0. The number of ketones is 1. The number of amides is 2. The molecule has 2 aromatic carbocycles. The van der Waals surface area contributed by atoms with Gasteiger partial charge >= 0.3 is 0 Å². The van der Waals surface area contributed by atoms with Crippen molar-refractivity contribution in [3.05, 3.63) is 70.2 Å². The first kappa shape index (κ1) is 17.2. The van der Waals surface area contributed by atoms with Gasteiger partial charge in [0.1, 0.15) is 6.04 Å². The highest BCUT2D eigenvalue weighted by atomic mass is 35.5. The molecule has 0 spiro atoms. The first-order valence-electron chi connectivity index (χ1n) is 7.98. The van der Waals surface area contributed by atoms with Gasteiger partial charge in [-0.05, 0) is 23.3 Å². The highest BCUT2D eigenvalue weighted by molar-refractivity contribution is 6.31. The average Bonchev–Trinajstić information content (AvgIpc) is 2.62. The van der Waals surface area contributed by atoms with Crippen molar-refractivity contribution in [2.24, 2.45) is 0 Å². The van der Waals surface area contributed by atoms with Crippen molar-refractivity contribution in [3.63, 3.8) is 0 Å². The molecule has 0 saturated carbocycles. The zero-order valence-electron chi connectivity index (χ0n) is 13.4. The maximum absolute atomic E-state index is 12.2. The van der Waals surface area contributed by atoms with E-state index < -0.39 is 6.04 Å². The van der Waals surface area contributed by atoms with Crippen LogP contribution in [-0.4, -0.2) is 17.6 Å². The molecule has 1 aliphatic heterocycles. The lowest BCUT2D eigenvalue weighted by molar-refractivity contribution is -0.129. The van der Waals surface area contributed by atoms with Crippen LogP contribution in [-0.2, 0) is 16.1 Å². The van der Waals surface area contributed by atoms with Gasteiger partial charge in [0, 0.05) is 30.0 Å². The predicted octanol–water partition coefficient (Wildman–Crippen LogP) is 2.79. The SMILES string of the molecule is O=C(CCC(=O)c1cccc(Cl)c1)NC1C(=O)NCc2ccccc21. The van der Waals surface area contributed by atoms with Crippen LogP contribution in [0.15, 0.2) is 48.5 Å². The Balaban J connectivity index is 1.61. The molecule has 0 fully saturated rings. The summed E-state index contributed by atoms with van der Waals surface area (Å²) in [5.41, 5.74) is 2.24. The molecule has 2 N–H and O–H groups in total. The maximum atomic E-state index is 12.2. The molecular weight excluding hydrogens is 340 g/mol. The van der Waals surface area contributed by atoms with Gasteiger partial charge in [0.25, 0.3) is 0 Å². The van der Waals surface area contributed by atoms with Crippen molar-refractivity contribution in [2.75, 3.05) is 0 Å². The molecule has 1 heterocycles. The number of hydrogen-bond donors (Lipinski definition) is 2. The van der Waals surface area contributed by atoms with Crippen LogP contribution in [0.4, 0.5) is 0 Å². The molecule has 6 heteroatoms. The van der Waals surface area contributed by atoms with E-state index in [-0.39, 0.29) is 30.4 Å². The summed E-state index contributed by atoms with van der Waals surface area (Å²) >= 11 is 5.87. The molecule has 128 valence electrons. The average molecular weight is 357 g/mol. The van der Waals surface area contributed by atoms with Gasteiger partial charge in [0.15, 0.2) is 5.78 Å². The minimum atomic E-state index is -0.723. The lowest BCUT2D eigenvalue weighted by atomic mass is 9.96. The first-order chi connectivity index (χ1) is 12.0. The lowest BCUT2D eigenvalue weighted by Gasteiger charge is -2.26. The Bertz CT molecular complexity index is 835. The zero-order chi connectivity index (χ0) is 17.8. The quantitative estimate of drug-likeness (QED) is 0.809. The molecule has 0 radical (unpaired) electrons. The summed E-state index contributed by atoms with van der Waals surface area (Å²) in [5.74, 6) is -0.744. The van der Waals surface area contributed by atoms with Crippen LogP contribution < -0.4 is 10.6 Å². The van der Waals surface area contributed by atoms with Crippen molar-refractivity contribution in [1.82, 2.24) is 10.6 Å². The summed E-state index contributed by atoms with van der Waals surface area (Å²) in [6.07, 6.45) is 0.0689. The highest BCUT2D eigenvalue weighted by Crippen LogP contribution is 2.22.